The van der Waals surface area contributed by atoms with E-state index in [1.54, 1.807) is 6.92 Å². The number of urea groups is 1. The maximum atomic E-state index is 12.5. The number of benzene rings is 1. The van der Waals surface area contributed by atoms with Gasteiger partial charge in [0, 0.05) is 17.3 Å². The Bertz CT molecular complexity index is 1020. The van der Waals surface area contributed by atoms with E-state index in [2.05, 4.69) is 22.7 Å². The molecule has 2 aromatic rings. The summed E-state index contributed by atoms with van der Waals surface area (Å²) in [6, 6.07) is 2.85. The topological polar surface area (TPSA) is 88.4 Å². The summed E-state index contributed by atoms with van der Waals surface area (Å²) in [5.41, 5.74) is 6.88. The molecule has 7 heteroatoms. The zero-order valence-corrected chi connectivity index (χ0v) is 16.0. The van der Waals surface area contributed by atoms with E-state index in [1.165, 1.54) is 23.5 Å². The zero-order chi connectivity index (χ0) is 19.2. The van der Waals surface area contributed by atoms with Crippen LogP contribution in [0.5, 0.6) is 0 Å². The molecule has 0 bridgehead atoms. The van der Waals surface area contributed by atoms with Crippen molar-refractivity contribution in [3.8, 4) is 0 Å². The molecule has 2 aliphatic rings. The van der Waals surface area contributed by atoms with Crippen LogP contribution in [0.4, 0.5) is 10.5 Å². The van der Waals surface area contributed by atoms with Gasteiger partial charge in [-0.05, 0) is 73.3 Å². The van der Waals surface area contributed by atoms with Gasteiger partial charge in [-0.2, -0.15) is 8.42 Å². The Hall–Kier alpha value is -2.54. The number of aryl methyl sites for hydroxylation is 2. The number of hydrogen-bond acceptors (Lipinski definition) is 4. The lowest BCUT2D eigenvalue weighted by molar-refractivity contribution is 0.256. The van der Waals surface area contributed by atoms with Crippen LogP contribution >= 0.6 is 0 Å². The van der Waals surface area contributed by atoms with E-state index in [-0.39, 0.29) is 5.09 Å². The number of hydrogen-bond donors (Lipinski definition) is 2. The van der Waals surface area contributed by atoms with Gasteiger partial charge in [0.05, 0.1) is 6.26 Å². The van der Waals surface area contributed by atoms with Gasteiger partial charge >= 0.3 is 6.03 Å². The molecule has 1 heterocycles. The maximum absolute atomic E-state index is 12.5. The summed E-state index contributed by atoms with van der Waals surface area (Å²) in [5, 5.41) is 2.50. The second-order valence-electron chi connectivity index (χ2n) is 7.23. The Balaban J connectivity index is 1.57. The van der Waals surface area contributed by atoms with E-state index < -0.39 is 16.1 Å². The molecule has 142 valence electrons. The molecule has 0 saturated carbocycles. The van der Waals surface area contributed by atoms with Crippen LogP contribution in [0.1, 0.15) is 47.6 Å². The molecule has 4 rings (SSSR count). The van der Waals surface area contributed by atoms with Crippen LogP contribution in [0.25, 0.3) is 5.57 Å². The van der Waals surface area contributed by atoms with Gasteiger partial charge in [-0.1, -0.05) is 12.6 Å². The average Bonchev–Trinajstić information content (AvgIpc) is 3.34. The van der Waals surface area contributed by atoms with Gasteiger partial charge < -0.3 is 9.73 Å². The van der Waals surface area contributed by atoms with Gasteiger partial charge in [0.2, 0.25) is 5.09 Å². The first-order chi connectivity index (χ1) is 12.8. The Morgan fingerprint density at radius 2 is 1.70 bits per heavy atom. The van der Waals surface area contributed by atoms with Crippen molar-refractivity contribution in [2.75, 3.05) is 5.32 Å². The molecule has 0 fully saturated rings. The van der Waals surface area contributed by atoms with E-state index in [4.69, 9.17) is 4.42 Å². The molecule has 27 heavy (non-hydrogen) atoms. The van der Waals surface area contributed by atoms with Crippen molar-refractivity contribution < 1.29 is 17.6 Å². The third-order valence-electron chi connectivity index (χ3n) is 5.27. The number of anilines is 1. The van der Waals surface area contributed by atoms with Crippen LogP contribution in [0.2, 0.25) is 0 Å². The van der Waals surface area contributed by atoms with Gasteiger partial charge in [0.25, 0.3) is 10.0 Å². The minimum Gasteiger partial charge on any atom is -0.451 e. The number of carbonyl (C=O) groups is 1. The molecule has 0 unspecified atom stereocenters. The van der Waals surface area contributed by atoms with Crippen LogP contribution < -0.4 is 10.0 Å². The maximum Gasteiger partial charge on any atom is 0.333 e. The number of rotatable bonds is 4. The lowest BCUT2D eigenvalue weighted by Crippen LogP contribution is -2.34. The van der Waals surface area contributed by atoms with Crippen molar-refractivity contribution in [1.82, 2.24) is 4.72 Å². The average molecular weight is 386 g/mol. The molecule has 1 aromatic heterocycles. The molecule has 0 atom stereocenters. The lowest BCUT2D eigenvalue weighted by atomic mass is 9.99. The second-order valence-corrected chi connectivity index (χ2v) is 8.84. The Morgan fingerprint density at radius 3 is 2.26 bits per heavy atom. The van der Waals surface area contributed by atoms with Crippen LogP contribution in [-0.4, -0.2) is 14.4 Å². The Labute approximate surface area is 158 Å². The summed E-state index contributed by atoms with van der Waals surface area (Å²) in [7, 11) is -4.09. The molecule has 0 saturated heterocycles. The van der Waals surface area contributed by atoms with Gasteiger partial charge in [0.15, 0.2) is 0 Å². The minimum absolute atomic E-state index is 0.306. The number of carbonyl (C=O) groups excluding carboxylic acids is 1. The van der Waals surface area contributed by atoms with Crippen LogP contribution in [0.3, 0.4) is 0 Å². The van der Waals surface area contributed by atoms with E-state index >= 15 is 0 Å². The first-order valence-corrected chi connectivity index (χ1v) is 10.6. The largest absolute Gasteiger partial charge is 0.451 e. The fourth-order valence-electron chi connectivity index (χ4n) is 3.96. The number of sulfonamides is 1. The predicted octanol–water partition coefficient (Wildman–Crippen LogP) is 3.80. The summed E-state index contributed by atoms with van der Waals surface area (Å²) in [4.78, 5) is 12.5. The highest BCUT2D eigenvalue weighted by atomic mass is 32.2. The number of fused-ring (bicyclic) bond motifs is 2. The number of allylic oxidation sites excluding steroid dienone is 1. The van der Waals surface area contributed by atoms with Gasteiger partial charge in [0.1, 0.15) is 0 Å². The standard InChI is InChI=1S/C20H22N2O4S/c1-12(2)15-10-18(26-11-15)27(24,25)22-20(23)21-19-16-7-3-5-13(16)9-14-6-4-8-17(14)19/h9-11H,1,3-8H2,2H3,(H2,21,22,23). The minimum atomic E-state index is -4.09. The molecule has 0 aliphatic heterocycles. The number of furan rings is 1. The number of nitrogens with one attached hydrogen (secondary N) is 2. The van der Waals surface area contributed by atoms with E-state index in [0.29, 0.717) is 11.1 Å². The molecule has 1 aromatic carbocycles. The lowest BCUT2D eigenvalue weighted by Gasteiger charge is -2.16. The van der Waals surface area contributed by atoms with Crippen molar-refractivity contribution in [2.24, 2.45) is 0 Å². The van der Waals surface area contributed by atoms with E-state index in [0.717, 1.165) is 55.3 Å². The normalized spacial score (nSPS) is 15.3. The van der Waals surface area contributed by atoms with Crippen molar-refractivity contribution in [3.63, 3.8) is 0 Å². The van der Waals surface area contributed by atoms with Crippen LogP contribution in [0.15, 0.2) is 34.5 Å². The van der Waals surface area contributed by atoms with Crippen LogP contribution in [-0.2, 0) is 35.7 Å². The van der Waals surface area contributed by atoms with Crippen molar-refractivity contribution in [1.29, 1.82) is 0 Å². The van der Waals surface area contributed by atoms with Crippen LogP contribution in [0, 0.1) is 0 Å². The van der Waals surface area contributed by atoms with Crippen molar-refractivity contribution >= 4 is 27.3 Å². The second kappa shape index (κ2) is 6.56. The molecule has 2 amide bonds. The SMILES string of the molecule is C=C(C)c1coc(S(=O)(=O)NC(=O)Nc2c3c(cc4c2CCC4)CCC3)c1. The molecular formula is C20H22N2O4S. The highest BCUT2D eigenvalue weighted by Crippen LogP contribution is 2.38. The summed E-state index contributed by atoms with van der Waals surface area (Å²) in [6.07, 6.45) is 7.26. The fraction of sp³-hybridized carbons (Fsp3) is 0.350. The van der Waals surface area contributed by atoms with Gasteiger partial charge in [-0.3, -0.25) is 0 Å². The molecule has 0 radical (unpaired) electrons. The predicted molar refractivity (Wildman–Crippen MR) is 103 cm³/mol. The van der Waals surface area contributed by atoms with E-state index in [9.17, 15) is 13.2 Å². The summed E-state index contributed by atoms with van der Waals surface area (Å²) >= 11 is 0. The Morgan fingerprint density at radius 1 is 1.07 bits per heavy atom. The molecule has 2 N–H and O–H groups in total. The summed E-state index contributed by atoms with van der Waals surface area (Å²) < 4.78 is 32.0. The quantitative estimate of drug-likeness (QED) is 0.836. The van der Waals surface area contributed by atoms with Crippen molar-refractivity contribution in [2.45, 2.75) is 50.5 Å². The van der Waals surface area contributed by atoms with Gasteiger partial charge in [-0.15, -0.1) is 0 Å². The van der Waals surface area contributed by atoms with Crippen molar-refractivity contribution in [3.05, 3.63) is 52.8 Å². The van der Waals surface area contributed by atoms with Gasteiger partial charge in [-0.25, -0.2) is 9.52 Å². The first kappa shape index (κ1) is 17.9. The molecular weight excluding hydrogens is 364 g/mol. The first-order valence-electron chi connectivity index (χ1n) is 9.10. The molecule has 6 nitrogen and oxygen atoms in total. The summed E-state index contributed by atoms with van der Waals surface area (Å²) in [5.74, 6) is 0. The Kier molecular flexibility index (Phi) is 4.34. The highest BCUT2D eigenvalue weighted by Gasteiger charge is 2.27. The smallest absolute Gasteiger partial charge is 0.333 e. The third-order valence-corrected chi connectivity index (χ3v) is 6.47. The highest BCUT2D eigenvalue weighted by molar-refractivity contribution is 7.89. The zero-order valence-electron chi connectivity index (χ0n) is 15.2. The van der Waals surface area contributed by atoms with E-state index in [1.807, 2.05) is 0 Å². The number of amides is 2. The third kappa shape index (κ3) is 3.27. The monoisotopic (exact) mass is 386 g/mol. The fourth-order valence-corrected chi connectivity index (χ4v) is 4.81. The molecule has 0 spiro atoms. The molecule has 2 aliphatic carbocycles. The summed E-state index contributed by atoms with van der Waals surface area (Å²) in [6.45, 7) is 5.50.